The fourth-order valence-electron chi connectivity index (χ4n) is 1.12. The minimum atomic E-state index is -0.999. The molecule has 1 amide bonds. The van der Waals surface area contributed by atoms with Crippen molar-refractivity contribution < 1.29 is 19.5 Å². The maximum Gasteiger partial charge on any atom is 0.303 e. The van der Waals surface area contributed by atoms with Crippen LogP contribution < -0.4 is 11.1 Å². The van der Waals surface area contributed by atoms with Crippen LogP contribution in [0.1, 0.15) is 33.1 Å². The van der Waals surface area contributed by atoms with Gasteiger partial charge in [-0.05, 0) is 13.3 Å². The predicted molar refractivity (Wildman–Crippen MR) is 57.7 cm³/mol. The molecule has 92 valence electrons. The average Bonchev–Trinajstić information content (AvgIpc) is 2.24. The summed E-state index contributed by atoms with van der Waals surface area (Å²) in [7, 11) is 0. The van der Waals surface area contributed by atoms with E-state index in [1.807, 2.05) is 0 Å². The number of Topliss-reactive ketones (excluding diaryl/α,β-unsaturated/α-hetero) is 1. The number of nitrogens with two attached hydrogens (primary N) is 1. The van der Waals surface area contributed by atoms with Crippen molar-refractivity contribution in [3.05, 3.63) is 0 Å². The van der Waals surface area contributed by atoms with Gasteiger partial charge in [0.2, 0.25) is 5.91 Å². The fraction of sp³-hybridized carbons (Fsp3) is 0.700. The van der Waals surface area contributed by atoms with Gasteiger partial charge in [-0.25, -0.2) is 0 Å². The first-order valence-electron chi connectivity index (χ1n) is 5.19. The van der Waals surface area contributed by atoms with Crippen LogP contribution >= 0.6 is 0 Å². The van der Waals surface area contributed by atoms with Crippen LogP contribution in [0.15, 0.2) is 0 Å². The molecule has 0 radical (unpaired) electrons. The lowest BCUT2D eigenvalue weighted by molar-refractivity contribution is -0.137. The molecule has 0 saturated carbocycles. The summed E-state index contributed by atoms with van der Waals surface area (Å²) in [6.45, 7) is 3.28. The van der Waals surface area contributed by atoms with Gasteiger partial charge in [-0.2, -0.15) is 0 Å². The molecule has 0 aromatic heterocycles. The normalized spacial score (nSPS) is 13.9. The third kappa shape index (κ3) is 5.45. The van der Waals surface area contributed by atoms with Crippen molar-refractivity contribution in [3.8, 4) is 0 Å². The molecule has 0 bridgehead atoms. The number of carboxylic acids is 1. The summed E-state index contributed by atoms with van der Waals surface area (Å²) in [5.41, 5.74) is 5.47. The number of ketones is 1. The molecule has 0 rings (SSSR count). The van der Waals surface area contributed by atoms with Crippen molar-refractivity contribution in [3.63, 3.8) is 0 Å². The first-order valence-corrected chi connectivity index (χ1v) is 5.19. The summed E-state index contributed by atoms with van der Waals surface area (Å²) < 4.78 is 0. The largest absolute Gasteiger partial charge is 0.481 e. The van der Waals surface area contributed by atoms with E-state index in [0.29, 0.717) is 6.42 Å². The third-order valence-corrected chi connectivity index (χ3v) is 2.20. The number of aliphatic carboxylic acids is 1. The van der Waals surface area contributed by atoms with Gasteiger partial charge in [0.15, 0.2) is 5.78 Å². The zero-order chi connectivity index (χ0) is 12.7. The monoisotopic (exact) mass is 230 g/mol. The number of carbonyl (C=O) groups is 3. The van der Waals surface area contributed by atoms with Crippen molar-refractivity contribution in [2.75, 3.05) is 0 Å². The van der Waals surface area contributed by atoms with Crippen molar-refractivity contribution in [1.29, 1.82) is 0 Å². The summed E-state index contributed by atoms with van der Waals surface area (Å²) in [6.07, 6.45) is 0.241. The van der Waals surface area contributed by atoms with E-state index < -0.39 is 24.0 Å². The Morgan fingerprint density at radius 3 is 2.38 bits per heavy atom. The second kappa shape index (κ2) is 6.95. The molecule has 0 aliphatic rings. The van der Waals surface area contributed by atoms with Gasteiger partial charge in [-0.15, -0.1) is 0 Å². The molecular formula is C10H18N2O4. The number of carboxylic acid groups (broad SMARTS) is 1. The van der Waals surface area contributed by atoms with Crippen molar-refractivity contribution in [2.45, 2.75) is 45.2 Å². The summed E-state index contributed by atoms with van der Waals surface area (Å²) >= 11 is 0. The van der Waals surface area contributed by atoms with Gasteiger partial charge in [0.25, 0.3) is 0 Å². The van der Waals surface area contributed by atoms with Crippen LogP contribution in [-0.2, 0) is 14.4 Å². The minimum Gasteiger partial charge on any atom is -0.481 e. The average molecular weight is 230 g/mol. The van der Waals surface area contributed by atoms with Crippen LogP contribution in [0, 0.1) is 0 Å². The standard InChI is InChI=1S/C10H18N2O4/c1-3-8(13)6(2)12-10(16)7(11)4-5-9(14)15/h6-7H,3-5,11H2,1-2H3,(H,12,16)(H,14,15)/t6-,7-/m1/s1. The summed E-state index contributed by atoms with van der Waals surface area (Å²) in [6, 6.07) is -1.46. The molecule has 0 aromatic carbocycles. The highest BCUT2D eigenvalue weighted by Crippen LogP contribution is 1.97. The van der Waals surface area contributed by atoms with Crippen molar-refractivity contribution in [1.82, 2.24) is 5.32 Å². The highest BCUT2D eigenvalue weighted by Gasteiger charge is 2.19. The molecule has 0 heterocycles. The maximum atomic E-state index is 11.4. The molecular weight excluding hydrogens is 212 g/mol. The molecule has 4 N–H and O–H groups in total. The van der Waals surface area contributed by atoms with Crippen LogP contribution in [0.25, 0.3) is 0 Å². The van der Waals surface area contributed by atoms with Crippen LogP contribution in [0.3, 0.4) is 0 Å². The second-order valence-corrected chi connectivity index (χ2v) is 3.59. The topological polar surface area (TPSA) is 109 Å². The van der Waals surface area contributed by atoms with E-state index in [4.69, 9.17) is 10.8 Å². The van der Waals surface area contributed by atoms with Crippen LogP contribution in [-0.4, -0.2) is 34.8 Å². The Hall–Kier alpha value is -1.43. The first-order chi connectivity index (χ1) is 7.38. The molecule has 0 unspecified atom stereocenters. The van der Waals surface area contributed by atoms with E-state index in [1.165, 1.54) is 0 Å². The van der Waals surface area contributed by atoms with Gasteiger partial charge in [0.1, 0.15) is 0 Å². The van der Waals surface area contributed by atoms with E-state index in [0.717, 1.165) is 0 Å². The number of carbonyl (C=O) groups excluding carboxylic acids is 2. The SMILES string of the molecule is CCC(=O)[C@@H](C)NC(=O)[C@H](N)CCC(=O)O. The van der Waals surface area contributed by atoms with Crippen molar-refractivity contribution in [2.24, 2.45) is 5.73 Å². The highest BCUT2D eigenvalue weighted by molar-refractivity contribution is 5.90. The van der Waals surface area contributed by atoms with Gasteiger partial charge in [-0.1, -0.05) is 6.92 Å². The first kappa shape index (κ1) is 14.6. The predicted octanol–water partition coefficient (Wildman–Crippen LogP) is -0.338. The Labute approximate surface area is 94.2 Å². The Balaban J connectivity index is 4.04. The van der Waals surface area contributed by atoms with Gasteiger partial charge < -0.3 is 16.2 Å². The minimum absolute atomic E-state index is 0.0637. The lowest BCUT2D eigenvalue weighted by atomic mass is 10.1. The lowest BCUT2D eigenvalue weighted by Gasteiger charge is -2.15. The molecule has 0 fully saturated rings. The number of hydrogen-bond acceptors (Lipinski definition) is 4. The summed E-state index contributed by atoms with van der Waals surface area (Å²) in [4.78, 5) is 32.9. The van der Waals surface area contributed by atoms with Gasteiger partial charge in [0.05, 0.1) is 12.1 Å². The number of rotatable bonds is 7. The molecule has 2 atom stereocenters. The van der Waals surface area contributed by atoms with E-state index in [-0.39, 0.29) is 18.6 Å². The second-order valence-electron chi connectivity index (χ2n) is 3.59. The molecule has 16 heavy (non-hydrogen) atoms. The van der Waals surface area contributed by atoms with Crippen LogP contribution in [0.2, 0.25) is 0 Å². The Morgan fingerprint density at radius 2 is 1.94 bits per heavy atom. The van der Waals surface area contributed by atoms with Gasteiger partial charge in [0, 0.05) is 12.8 Å². The molecule has 0 aliphatic carbocycles. The van der Waals surface area contributed by atoms with E-state index in [9.17, 15) is 14.4 Å². The maximum absolute atomic E-state index is 11.4. The van der Waals surface area contributed by atoms with Crippen molar-refractivity contribution >= 4 is 17.7 Å². The van der Waals surface area contributed by atoms with Gasteiger partial charge in [-0.3, -0.25) is 14.4 Å². The fourth-order valence-corrected chi connectivity index (χ4v) is 1.12. The van der Waals surface area contributed by atoms with E-state index in [2.05, 4.69) is 5.32 Å². The molecule has 0 saturated heterocycles. The number of hydrogen-bond donors (Lipinski definition) is 3. The van der Waals surface area contributed by atoms with Crippen LogP contribution in [0.4, 0.5) is 0 Å². The zero-order valence-electron chi connectivity index (χ0n) is 9.53. The Kier molecular flexibility index (Phi) is 6.32. The molecule has 0 aromatic rings. The summed E-state index contributed by atoms with van der Waals surface area (Å²) in [5.74, 6) is -1.57. The van der Waals surface area contributed by atoms with E-state index >= 15 is 0 Å². The van der Waals surface area contributed by atoms with E-state index in [1.54, 1.807) is 13.8 Å². The highest BCUT2D eigenvalue weighted by atomic mass is 16.4. The lowest BCUT2D eigenvalue weighted by Crippen LogP contribution is -2.47. The summed E-state index contributed by atoms with van der Waals surface area (Å²) in [5, 5.41) is 10.9. The molecule has 0 spiro atoms. The quantitative estimate of drug-likeness (QED) is 0.554. The van der Waals surface area contributed by atoms with Gasteiger partial charge >= 0.3 is 5.97 Å². The molecule has 6 nitrogen and oxygen atoms in total. The Bertz CT molecular complexity index is 278. The number of amides is 1. The smallest absolute Gasteiger partial charge is 0.303 e. The van der Waals surface area contributed by atoms with Crippen LogP contribution in [0.5, 0.6) is 0 Å². The molecule has 0 aliphatic heterocycles. The third-order valence-electron chi connectivity index (χ3n) is 2.20. The number of nitrogens with one attached hydrogen (secondary N) is 1. The Morgan fingerprint density at radius 1 is 1.38 bits per heavy atom. The molecule has 6 heteroatoms. The zero-order valence-corrected chi connectivity index (χ0v) is 9.53.